The molecule has 0 aliphatic heterocycles. The molecule has 1 heterocycles. The van der Waals surface area contributed by atoms with Crippen molar-refractivity contribution >= 4 is 17.5 Å². The number of aryl methyl sites for hydroxylation is 1. The van der Waals surface area contributed by atoms with E-state index < -0.39 is 11.5 Å². The number of anilines is 1. The molecule has 7 nitrogen and oxygen atoms in total. The summed E-state index contributed by atoms with van der Waals surface area (Å²) in [5.74, 6) is -0.105. The minimum absolute atomic E-state index is 0.0540. The predicted octanol–water partition coefficient (Wildman–Crippen LogP) is 2.13. The number of aromatic nitrogens is 1. The summed E-state index contributed by atoms with van der Waals surface area (Å²) in [5, 5.41) is 2.59. The van der Waals surface area contributed by atoms with Gasteiger partial charge < -0.3 is 19.5 Å². The van der Waals surface area contributed by atoms with E-state index in [0.717, 1.165) is 0 Å². The van der Waals surface area contributed by atoms with E-state index in [9.17, 15) is 14.4 Å². The Kier molecular flexibility index (Phi) is 6.16. The first-order valence-electron chi connectivity index (χ1n) is 8.36. The van der Waals surface area contributed by atoms with E-state index in [1.807, 2.05) is 13.8 Å². The first-order chi connectivity index (χ1) is 12.4. The molecule has 1 N–H and O–H groups in total. The van der Waals surface area contributed by atoms with Crippen molar-refractivity contribution < 1.29 is 14.3 Å². The lowest BCUT2D eigenvalue weighted by Gasteiger charge is -2.19. The molecule has 0 atom stereocenters. The van der Waals surface area contributed by atoms with Crippen molar-refractivity contribution in [2.75, 3.05) is 25.5 Å². The van der Waals surface area contributed by atoms with E-state index in [1.54, 1.807) is 36.2 Å². The normalized spacial score (nSPS) is 10.3. The number of nitrogens with one attached hydrogen (secondary N) is 1. The summed E-state index contributed by atoms with van der Waals surface area (Å²) < 4.78 is 6.39. The third-order valence-electron chi connectivity index (χ3n) is 4.06. The largest absolute Gasteiger partial charge is 0.497 e. The van der Waals surface area contributed by atoms with Crippen molar-refractivity contribution in [2.45, 2.75) is 13.8 Å². The number of amides is 2. The number of hydrogen-bond donors (Lipinski definition) is 1. The molecule has 7 heteroatoms. The van der Waals surface area contributed by atoms with Crippen molar-refractivity contribution in [3.05, 3.63) is 58.0 Å². The zero-order valence-corrected chi connectivity index (χ0v) is 15.4. The Bertz CT molecular complexity index is 869. The monoisotopic (exact) mass is 357 g/mol. The fraction of sp³-hybridized carbons (Fsp3) is 0.316. The van der Waals surface area contributed by atoms with Crippen LogP contribution >= 0.6 is 0 Å². The molecule has 0 radical (unpaired) electrons. The van der Waals surface area contributed by atoms with Crippen molar-refractivity contribution in [2.24, 2.45) is 7.05 Å². The van der Waals surface area contributed by atoms with Crippen molar-refractivity contribution in [3.63, 3.8) is 0 Å². The Hall–Kier alpha value is -3.09. The third-order valence-corrected chi connectivity index (χ3v) is 4.06. The highest BCUT2D eigenvalue weighted by molar-refractivity contribution is 6.05. The minimum Gasteiger partial charge on any atom is -0.497 e. The summed E-state index contributed by atoms with van der Waals surface area (Å²) in [6.45, 7) is 4.89. The standard InChI is InChI=1S/C19H23N3O4/c1-5-22(6-2)18(24)14-11-16(19(25)21(3)12-14)20-17(23)13-8-7-9-15(10-13)26-4/h7-12H,5-6H2,1-4H3,(H,20,23). The van der Waals surface area contributed by atoms with Crippen LogP contribution in [0.4, 0.5) is 5.69 Å². The third kappa shape index (κ3) is 4.11. The highest BCUT2D eigenvalue weighted by atomic mass is 16.5. The molecular weight excluding hydrogens is 334 g/mol. The van der Waals surface area contributed by atoms with Gasteiger partial charge in [0.25, 0.3) is 17.4 Å². The van der Waals surface area contributed by atoms with E-state index in [4.69, 9.17) is 4.74 Å². The molecule has 1 aromatic carbocycles. The van der Waals surface area contributed by atoms with E-state index in [-0.39, 0.29) is 11.6 Å². The van der Waals surface area contributed by atoms with Gasteiger partial charge in [0.2, 0.25) is 0 Å². The molecule has 138 valence electrons. The number of carbonyl (C=O) groups excluding carboxylic acids is 2. The van der Waals surface area contributed by atoms with Gasteiger partial charge in [-0.05, 0) is 38.1 Å². The quantitative estimate of drug-likeness (QED) is 0.859. The Morgan fingerprint density at radius 2 is 1.85 bits per heavy atom. The minimum atomic E-state index is -0.451. The molecule has 0 saturated carbocycles. The topological polar surface area (TPSA) is 80.6 Å². The number of pyridine rings is 1. The van der Waals surface area contributed by atoms with Crippen LogP contribution in [0.1, 0.15) is 34.6 Å². The molecule has 0 aliphatic rings. The molecule has 2 rings (SSSR count). The number of methoxy groups -OCH3 is 1. The van der Waals surface area contributed by atoms with Gasteiger partial charge in [-0.15, -0.1) is 0 Å². The molecule has 0 bridgehead atoms. The van der Waals surface area contributed by atoms with E-state index >= 15 is 0 Å². The first-order valence-corrected chi connectivity index (χ1v) is 8.36. The van der Waals surface area contributed by atoms with Crippen molar-refractivity contribution in [1.29, 1.82) is 0 Å². The number of ether oxygens (including phenoxy) is 1. The van der Waals surface area contributed by atoms with Crippen LogP contribution in [0.2, 0.25) is 0 Å². The lowest BCUT2D eigenvalue weighted by atomic mass is 10.2. The van der Waals surface area contributed by atoms with Crippen LogP contribution in [-0.4, -0.2) is 41.5 Å². The maximum Gasteiger partial charge on any atom is 0.274 e. The van der Waals surface area contributed by atoms with Gasteiger partial charge in [-0.2, -0.15) is 0 Å². The number of hydrogen-bond acceptors (Lipinski definition) is 4. The molecule has 0 spiro atoms. The highest BCUT2D eigenvalue weighted by Gasteiger charge is 2.17. The molecule has 0 saturated heterocycles. The molecule has 0 unspecified atom stereocenters. The van der Waals surface area contributed by atoms with Gasteiger partial charge in [-0.25, -0.2) is 0 Å². The summed E-state index contributed by atoms with van der Waals surface area (Å²) in [5.41, 5.74) is 0.360. The predicted molar refractivity (Wildman–Crippen MR) is 99.9 cm³/mol. The maximum absolute atomic E-state index is 12.5. The van der Waals surface area contributed by atoms with E-state index in [2.05, 4.69) is 5.32 Å². The fourth-order valence-corrected chi connectivity index (χ4v) is 2.57. The fourth-order valence-electron chi connectivity index (χ4n) is 2.57. The Morgan fingerprint density at radius 1 is 1.15 bits per heavy atom. The molecule has 0 aliphatic carbocycles. The molecule has 26 heavy (non-hydrogen) atoms. The van der Waals surface area contributed by atoms with Gasteiger partial charge in [0.1, 0.15) is 11.4 Å². The molecule has 0 fully saturated rings. The summed E-state index contributed by atoms with van der Waals surface area (Å²) in [6, 6.07) is 8.02. The van der Waals surface area contributed by atoms with E-state index in [1.165, 1.54) is 23.9 Å². The Labute approximate surface area is 152 Å². The van der Waals surface area contributed by atoms with Crippen LogP contribution in [-0.2, 0) is 7.05 Å². The lowest BCUT2D eigenvalue weighted by molar-refractivity contribution is 0.0771. The van der Waals surface area contributed by atoms with Gasteiger partial charge in [-0.1, -0.05) is 6.07 Å². The summed E-state index contributed by atoms with van der Waals surface area (Å²) in [4.78, 5) is 39.0. The number of nitrogens with zero attached hydrogens (tertiary/aromatic N) is 2. The van der Waals surface area contributed by atoms with E-state index in [0.29, 0.717) is 30.0 Å². The smallest absolute Gasteiger partial charge is 0.274 e. The number of rotatable bonds is 6. The van der Waals surface area contributed by atoms with Crippen LogP contribution < -0.4 is 15.6 Å². The number of carbonyl (C=O) groups is 2. The van der Waals surface area contributed by atoms with Crippen LogP contribution in [0.3, 0.4) is 0 Å². The van der Waals surface area contributed by atoms with Crippen LogP contribution in [0.25, 0.3) is 0 Å². The second-order valence-electron chi connectivity index (χ2n) is 5.72. The summed E-state index contributed by atoms with van der Waals surface area (Å²) in [6.07, 6.45) is 1.48. The number of benzene rings is 1. The van der Waals surface area contributed by atoms with Crippen molar-refractivity contribution in [1.82, 2.24) is 9.47 Å². The van der Waals surface area contributed by atoms with Crippen LogP contribution in [0.15, 0.2) is 41.3 Å². The van der Waals surface area contributed by atoms with Crippen LogP contribution in [0, 0.1) is 0 Å². The Morgan fingerprint density at radius 3 is 2.46 bits per heavy atom. The average Bonchev–Trinajstić information content (AvgIpc) is 2.66. The van der Waals surface area contributed by atoms with Gasteiger partial charge in [0, 0.05) is 31.9 Å². The molecular formula is C19H23N3O4. The molecule has 2 aromatic rings. The molecule has 2 amide bonds. The van der Waals surface area contributed by atoms with Crippen molar-refractivity contribution in [3.8, 4) is 5.75 Å². The summed E-state index contributed by atoms with van der Waals surface area (Å²) in [7, 11) is 3.05. The average molecular weight is 357 g/mol. The summed E-state index contributed by atoms with van der Waals surface area (Å²) >= 11 is 0. The second-order valence-corrected chi connectivity index (χ2v) is 5.72. The zero-order valence-electron chi connectivity index (χ0n) is 15.4. The Balaban J connectivity index is 2.35. The zero-order chi connectivity index (χ0) is 19.3. The van der Waals surface area contributed by atoms with Crippen LogP contribution in [0.5, 0.6) is 5.75 Å². The second kappa shape index (κ2) is 8.33. The SMILES string of the molecule is CCN(CC)C(=O)c1cc(NC(=O)c2cccc(OC)c2)c(=O)n(C)c1. The molecule has 1 aromatic heterocycles. The highest BCUT2D eigenvalue weighted by Crippen LogP contribution is 2.15. The van der Waals surface area contributed by atoms with Gasteiger partial charge in [0.15, 0.2) is 0 Å². The lowest BCUT2D eigenvalue weighted by Crippen LogP contribution is -2.32. The first kappa shape index (κ1) is 19.2. The maximum atomic E-state index is 12.5. The van der Waals surface area contributed by atoms with Gasteiger partial charge >= 0.3 is 0 Å². The van der Waals surface area contributed by atoms with Gasteiger partial charge in [0.05, 0.1) is 12.7 Å². The van der Waals surface area contributed by atoms with Gasteiger partial charge in [-0.3, -0.25) is 14.4 Å².